The van der Waals surface area contributed by atoms with Gasteiger partial charge in [0.2, 0.25) is 0 Å². The molecule has 0 aromatic carbocycles. The Balaban J connectivity index is 2.24. The van der Waals surface area contributed by atoms with Crippen LogP contribution in [0.3, 0.4) is 0 Å². The highest BCUT2D eigenvalue weighted by Crippen LogP contribution is 2.49. The molecule has 0 aliphatic heterocycles. The molecule has 0 heterocycles. The summed E-state index contributed by atoms with van der Waals surface area (Å²) in [6, 6.07) is 0. The minimum Gasteiger partial charge on any atom is -0.299 e. The summed E-state index contributed by atoms with van der Waals surface area (Å²) in [5.74, 6) is 1.29. The molecule has 0 unspecified atom stereocenters. The fourth-order valence-corrected chi connectivity index (χ4v) is 2.86. The fraction of sp³-hybridized carbons (Fsp3) is 0.900. The van der Waals surface area contributed by atoms with Crippen molar-refractivity contribution in [3.8, 4) is 0 Å². The number of rotatable bonds is 0. The Morgan fingerprint density at radius 1 is 1.36 bits per heavy atom. The van der Waals surface area contributed by atoms with Gasteiger partial charge in [-0.2, -0.15) is 0 Å². The number of carbonyl (C=O) groups is 1. The van der Waals surface area contributed by atoms with Crippen LogP contribution in [-0.2, 0) is 4.79 Å². The zero-order valence-corrected chi connectivity index (χ0v) is 7.23. The lowest BCUT2D eigenvalue weighted by molar-refractivity contribution is -0.132. The van der Waals surface area contributed by atoms with Crippen LogP contribution >= 0.6 is 0 Å². The van der Waals surface area contributed by atoms with Crippen molar-refractivity contribution < 1.29 is 4.79 Å². The van der Waals surface area contributed by atoms with Crippen LogP contribution in [-0.4, -0.2) is 5.78 Å². The maximum Gasteiger partial charge on any atom is 0.139 e. The van der Waals surface area contributed by atoms with Gasteiger partial charge in [0.05, 0.1) is 0 Å². The maximum absolute atomic E-state index is 11.6. The van der Waals surface area contributed by atoms with Gasteiger partial charge >= 0.3 is 0 Å². The summed E-state index contributed by atoms with van der Waals surface area (Å²) >= 11 is 0. The Hall–Kier alpha value is -0.330. The van der Waals surface area contributed by atoms with E-state index >= 15 is 0 Å². The molecule has 0 N–H and O–H groups in total. The quantitative estimate of drug-likeness (QED) is 0.521. The maximum atomic E-state index is 11.6. The SMILES string of the molecule is C[C@]12CCC[C@H]1CCCC2=O. The molecule has 1 heteroatoms. The van der Waals surface area contributed by atoms with Gasteiger partial charge in [-0.25, -0.2) is 0 Å². The predicted octanol–water partition coefficient (Wildman–Crippen LogP) is 2.55. The van der Waals surface area contributed by atoms with E-state index in [1.165, 1.54) is 19.3 Å². The number of Topliss-reactive ketones (excluding diaryl/α,β-unsaturated/α-hetero) is 1. The van der Waals surface area contributed by atoms with E-state index in [0.29, 0.717) is 5.78 Å². The van der Waals surface area contributed by atoms with Crippen molar-refractivity contribution in [2.75, 3.05) is 0 Å². The van der Waals surface area contributed by atoms with Gasteiger partial charge in [0, 0.05) is 11.8 Å². The second-order valence-corrected chi connectivity index (χ2v) is 4.32. The van der Waals surface area contributed by atoms with E-state index in [1.54, 1.807) is 0 Å². The highest BCUT2D eigenvalue weighted by atomic mass is 16.1. The van der Waals surface area contributed by atoms with Crippen molar-refractivity contribution in [2.24, 2.45) is 11.3 Å². The molecule has 62 valence electrons. The van der Waals surface area contributed by atoms with Crippen molar-refractivity contribution in [1.82, 2.24) is 0 Å². The van der Waals surface area contributed by atoms with E-state index < -0.39 is 0 Å². The number of fused-ring (bicyclic) bond motifs is 1. The number of hydrogen-bond acceptors (Lipinski definition) is 1. The third kappa shape index (κ3) is 0.935. The summed E-state index contributed by atoms with van der Waals surface area (Å²) < 4.78 is 0. The Morgan fingerprint density at radius 3 is 2.82 bits per heavy atom. The summed E-state index contributed by atoms with van der Waals surface area (Å²) in [6.45, 7) is 2.19. The Bertz CT molecular complexity index is 185. The highest BCUT2D eigenvalue weighted by Gasteiger charge is 2.45. The van der Waals surface area contributed by atoms with Crippen LogP contribution in [0.25, 0.3) is 0 Å². The first-order chi connectivity index (χ1) is 5.23. The molecule has 2 fully saturated rings. The highest BCUT2D eigenvalue weighted by molar-refractivity contribution is 5.85. The lowest BCUT2D eigenvalue weighted by Crippen LogP contribution is -2.35. The van der Waals surface area contributed by atoms with Crippen LogP contribution in [0, 0.1) is 11.3 Å². The number of carbonyl (C=O) groups excluding carboxylic acids is 1. The van der Waals surface area contributed by atoms with Crippen molar-refractivity contribution in [1.29, 1.82) is 0 Å². The number of ketones is 1. The molecule has 2 rings (SSSR count). The summed E-state index contributed by atoms with van der Waals surface area (Å²) in [6.07, 6.45) is 7.07. The lowest BCUT2D eigenvalue weighted by Gasteiger charge is -2.34. The van der Waals surface area contributed by atoms with Gasteiger partial charge in [0.25, 0.3) is 0 Å². The summed E-state index contributed by atoms with van der Waals surface area (Å²) in [5.41, 5.74) is 0.109. The largest absolute Gasteiger partial charge is 0.299 e. The van der Waals surface area contributed by atoms with Crippen molar-refractivity contribution >= 4 is 5.78 Å². The molecule has 0 radical (unpaired) electrons. The molecule has 0 saturated heterocycles. The van der Waals surface area contributed by atoms with Crippen molar-refractivity contribution in [3.63, 3.8) is 0 Å². The van der Waals surface area contributed by atoms with Gasteiger partial charge in [0.1, 0.15) is 5.78 Å². The average Bonchev–Trinajstić information content (AvgIpc) is 2.34. The van der Waals surface area contributed by atoms with Crippen LogP contribution in [0.1, 0.15) is 45.4 Å². The van der Waals surface area contributed by atoms with Crippen molar-refractivity contribution in [2.45, 2.75) is 45.4 Å². The average molecular weight is 152 g/mol. The van der Waals surface area contributed by atoms with Crippen LogP contribution in [0.15, 0.2) is 0 Å². The van der Waals surface area contributed by atoms with E-state index in [4.69, 9.17) is 0 Å². The molecule has 2 aliphatic rings. The first-order valence-corrected chi connectivity index (χ1v) is 4.77. The predicted molar refractivity (Wildman–Crippen MR) is 44.3 cm³/mol. The molecule has 0 bridgehead atoms. The monoisotopic (exact) mass is 152 g/mol. The minimum absolute atomic E-state index is 0.109. The molecule has 2 atom stereocenters. The molecule has 0 aromatic heterocycles. The van der Waals surface area contributed by atoms with Gasteiger partial charge in [0.15, 0.2) is 0 Å². The Morgan fingerprint density at radius 2 is 2.09 bits per heavy atom. The van der Waals surface area contributed by atoms with E-state index in [0.717, 1.165) is 25.2 Å². The Labute approximate surface area is 68.2 Å². The Kier molecular flexibility index (Phi) is 1.55. The van der Waals surface area contributed by atoms with Gasteiger partial charge in [-0.1, -0.05) is 13.3 Å². The second-order valence-electron chi connectivity index (χ2n) is 4.32. The molecule has 1 nitrogen and oxygen atoms in total. The van der Waals surface area contributed by atoms with E-state index in [9.17, 15) is 4.79 Å². The molecule has 0 amide bonds. The molecule has 2 aliphatic carbocycles. The first-order valence-electron chi connectivity index (χ1n) is 4.77. The third-order valence-electron chi connectivity index (χ3n) is 3.74. The minimum atomic E-state index is 0.109. The summed E-state index contributed by atoms with van der Waals surface area (Å²) in [4.78, 5) is 11.6. The van der Waals surface area contributed by atoms with E-state index in [2.05, 4.69) is 6.92 Å². The summed E-state index contributed by atoms with van der Waals surface area (Å²) in [7, 11) is 0. The zero-order chi connectivity index (χ0) is 7.90. The fourth-order valence-electron chi connectivity index (χ4n) is 2.86. The third-order valence-corrected chi connectivity index (χ3v) is 3.74. The standard InChI is InChI=1S/C10H16O/c1-10-7-3-5-8(10)4-2-6-9(10)11/h8H,2-7H2,1H3/t8-,10+/m1/s1. The molecular formula is C10H16O. The van der Waals surface area contributed by atoms with E-state index in [-0.39, 0.29) is 5.41 Å². The van der Waals surface area contributed by atoms with E-state index in [1.807, 2.05) is 0 Å². The van der Waals surface area contributed by atoms with Gasteiger partial charge in [-0.3, -0.25) is 4.79 Å². The smallest absolute Gasteiger partial charge is 0.139 e. The molecule has 11 heavy (non-hydrogen) atoms. The van der Waals surface area contributed by atoms with Gasteiger partial charge in [-0.15, -0.1) is 0 Å². The van der Waals surface area contributed by atoms with Crippen LogP contribution < -0.4 is 0 Å². The summed E-state index contributed by atoms with van der Waals surface area (Å²) in [5, 5.41) is 0. The topological polar surface area (TPSA) is 17.1 Å². The van der Waals surface area contributed by atoms with Gasteiger partial charge < -0.3 is 0 Å². The molecule has 0 spiro atoms. The molecule has 2 saturated carbocycles. The second kappa shape index (κ2) is 2.33. The zero-order valence-electron chi connectivity index (χ0n) is 7.23. The normalized spacial score (nSPS) is 44.1. The van der Waals surface area contributed by atoms with Gasteiger partial charge in [-0.05, 0) is 31.6 Å². The lowest BCUT2D eigenvalue weighted by atomic mass is 9.69. The van der Waals surface area contributed by atoms with Crippen LogP contribution in [0.2, 0.25) is 0 Å². The molecular weight excluding hydrogens is 136 g/mol. The van der Waals surface area contributed by atoms with Crippen molar-refractivity contribution in [3.05, 3.63) is 0 Å². The van der Waals surface area contributed by atoms with Crippen LogP contribution in [0.4, 0.5) is 0 Å². The molecule has 0 aromatic rings. The number of hydrogen-bond donors (Lipinski definition) is 0. The first kappa shape index (κ1) is 7.33. The van der Waals surface area contributed by atoms with Crippen LogP contribution in [0.5, 0.6) is 0 Å².